The second-order valence-electron chi connectivity index (χ2n) is 4.86. The molecular formula is C14H20N4O2S. The van der Waals surface area contributed by atoms with Crippen molar-refractivity contribution in [2.45, 2.75) is 24.8 Å². The van der Waals surface area contributed by atoms with E-state index in [0.717, 1.165) is 12.1 Å². The Hall–Kier alpha value is -1.86. The zero-order valence-corrected chi connectivity index (χ0v) is 13.2. The largest absolute Gasteiger partial charge is 0.310 e. The number of aryl methyl sites for hydroxylation is 1. The molecule has 2 aromatic rings. The lowest BCUT2D eigenvalue weighted by molar-refractivity contribution is 0.598. The number of aromatic nitrogens is 2. The van der Waals surface area contributed by atoms with E-state index in [1.165, 1.54) is 17.1 Å². The van der Waals surface area contributed by atoms with Gasteiger partial charge in [-0.05, 0) is 31.2 Å². The second kappa shape index (κ2) is 6.28. The molecule has 0 aliphatic rings. The molecule has 6 nitrogen and oxygen atoms in total. The predicted octanol–water partition coefficient (Wildman–Crippen LogP) is 1.89. The van der Waals surface area contributed by atoms with E-state index in [1.54, 1.807) is 19.2 Å². The molecule has 7 heteroatoms. The van der Waals surface area contributed by atoms with Crippen molar-refractivity contribution >= 4 is 15.7 Å². The average molecular weight is 308 g/mol. The molecule has 1 unspecified atom stereocenters. The number of rotatable bonds is 6. The van der Waals surface area contributed by atoms with E-state index >= 15 is 0 Å². The van der Waals surface area contributed by atoms with Crippen LogP contribution in [0, 0.1) is 0 Å². The van der Waals surface area contributed by atoms with Crippen LogP contribution in [0.4, 0.5) is 5.69 Å². The van der Waals surface area contributed by atoms with Gasteiger partial charge in [-0.2, -0.15) is 5.10 Å². The summed E-state index contributed by atoms with van der Waals surface area (Å²) < 4.78 is 28.3. The molecular weight excluding hydrogens is 288 g/mol. The van der Waals surface area contributed by atoms with Gasteiger partial charge in [0.2, 0.25) is 0 Å². The van der Waals surface area contributed by atoms with Gasteiger partial charge >= 0.3 is 0 Å². The van der Waals surface area contributed by atoms with Crippen LogP contribution in [0.5, 0.6) is 0 Å². The Morgan fingerprint density at radius 1 is 1.29 bits per heavy atom. The fraction of sp³-hybridized carbons (Fsp3) is 0.357. The summed E-state index contributed by atoms with van der Waals surface area (Å²) in [6.07, 6.45) is 2.79. The van der Waals surface area contributed by atoms with Gasteiger partial charge in [0, 0.05) is 25.0 Å². The van der Waals surface area contributed by atoms with E-state index in [0.29, 0.717) is 5.69 Å². The first-order valence-electron chi connectivity index (χ1n) is 6.77. The summed E-state index contributed by atoms with van der Waals surface area (Å²) in [5.41, 5.74) is 1.65. The van der Waals surface area contributed by atoms with Crippen LogP contribution in [0.3, 0.4) is 0 Å². The third-order valence-corrected chi connectivity index (χ3v) is 4.50. The lowest BCUT2D eigenvalue weighted by atomic mass is 10.1. The van der Waals surface area contributed by atoms with Crippen molar-refractivity contribution in [3.8, 4) is 0 Å². The molecule has 1 heterocycles. The lowest BCUT2D eigenvalue weighted by Crippen LogP contribution is -2.17. The van der Waals surface area contributed by atoms with Crippen molar-refractivity contribution in [3.63, 3.8) is 0 Å². The normalized spacial score (nSPS) is 13.1. The molecule has 0 aliphatic carbocycles. The highest BCUT2D eigenvalue weighted by Crippen LogP contribution is 2.19. The standard InChI is InChI=1S/C14H20N4O2S/c1-4-15-11(2)12-5-7-13(8-6-12)17-21(19,20)14-9-16-18(3)10-14/h5-11,15,17H,4H2,1-3H3. The fourth-order valence-electron chi connectivity index (χ4n) is 2.02. The van der Waals surface area contributed by atoms with Crippen LogP contribution < -0.4 is 10.0 Å². The molecule has 1 aromatic heterocycles. The van der Waals surface area contributed by atoms with Crippen molar-refractivity contribution in [2.75, 3.05) is 11.3 Å². The molecule has 0 bridgehead atoms. The van der Waals surface area contributed by atoms with Crippen LogP contribution in [-0.2, 0) is 17.1 Å². The number of anilines is 1. The molecule has 21 heavy (non-hydrogen) atoms. The number of nitrogens with zero attached hydrogens (tertiary/aromatic N) is 2. The van der Waals surface area contributed by atoms with Gasteiger partial charge < -0.3 is 5.32 Å². The molecule has 1 atom stereocenters. The molecule has 0 spiro atoms. The highest BCUT2D eigenvalue weighted by atomic mass is 32.2. The van der Waals surface area contributed by atoms with Gasteiger partial charge in [-0.15, -0.1) is 0 Å². The SMILES string of the molecule is CCNC(C)c1ccc(NS(=O)(=O)c2cnn(C)c2)cc1. The Morgan fingerprint density at radius 3 is 2.48 bits per heavy atom. The Morgan fingerprint density at radius 2 is 1.95 bits per heavy atom. The maximum atomic E-state index is 12.2. The molecule has 0 radical (unpaired) electrons. The molecule has 114 valence electrons. The van der Waals surface area contributed by atoms with Gasteiger partial charge in [0.25, 0.3) is 10.0 Å². The Labute approximate surface area is 125 Å². The van der Waals surface area contributed by atoms with Gasteiger partial charge in [0.1, 0.15) is 4.90 Å². The molecule has 2 N–H and O–H groups in total. The third-order valence-electron chi connectivity index (χ3n) is 3.16. The molecule has 0 saturated heterocycles. The van der Waals surface area contributed by atoms with Gasteiger partial charge in [0.15, 0.2) is 0 Å². The zero-order chi connectivity index (χ0) is 15.5. The first-order chi connectivity index (χ1) is 9.92. The summed E-state index contributed by atoms with van der Waals surface area (Å²) in [5.74, 6) is 0. The summed E-state index contributed by atoms with van der Waals surface area (Å²) in [6, 6.07) is 7.58. The van der Waals surface area contributed by atoms with Crippen LogP contribution in [-0.4, -0.2) is 24.7 Å². The minimum atomic E-state index is -3.58. The van der Waals surface area contributed by atoms with Gasteiger partial charge in [-0.25, -0.2) is 8.42 Å². The van der Waals surface area contributed by atoms with E-state index in [2.05, 4.69) is 22.1 Å². The minimum absolute atomic E-state index is 0.148. The van der Waals surface area contributed by atoms with E-state index in [-0.39, 0.29) is 10.9 Å². The minimum Gasteiger partial charge on any atom is -0.310 e. The van der Waals surface area contributed by atoms with Gasteiger partial charge in [-0.3, -0.25) is 9.40 Å². The van der Waals surface area contributed by atoms with E-state index < -0.39 is 10.0 Å². The quantitative estimate of drug-likeness (QED) is 0.854. The number of sulfonamides is 1. The lowest BCUT2D eigenvalue weighted by Gasteiger charge is -2.13. The monoisotopic (exact) mass is 308 g/mol. The molecule has 0 aliphatic heterocycles. The Kier molecular flexibility index (Phi) is 4.64. The maximum Gasteiger partial charge on any atom is 0.265 e. The van der Waals surface area contributed by atoms with Crippen LogP contribution in [0.25, 0.3) is 0 Å². The second-order valence-corrected chi connectivity index (χ2v) is 6.54. The smallest absolute Gasteiger partial charge is 0.265 e. The van der Waals surface area contributed by atoms with Gasteiger partial charge in [0.05, 0.1) is 6.20 Å². The van der Waals surface area contributed by atoms with Crippen LogP contribution >= 0.6 is 0 Å². The number of hydrogen-bond donors (Lipinski definition) is 2. The highest BCUT2D eigenvalue weighted by molar-refractivity contribution is 7.92. The average Bonchev–Trinajstić information content (AvgIpc) is 2.87. The number of hydrogen-bond acceptors (Lipinski definition) is 4. The summed E-state index contributed by atoms with van der Waals surface area (Å²) in [5, 5.41) is 7.18. The predicted molar refractivity (Wildman–Crippen MR) is 82.6 cm³/mol. The van der Waals surface area contributed by atoms with Crippen LogP contribution in [0.1, 0.15) is 25.5 Å². The topological polar surface area (TPSA) is 76.0 Å². The summed E-state index contributed by atoms with van der Waals surface area (Å²) in [6.45, 7) is 5.00. The van der Waals surface area contributed by atoms with E-state index in [1.807, 2.05) is 19.1 Å². The number of nitrogens with one attached hydrogen (secondary N) is 2. The molecule has 0 amide bonds. The number of benzene rings is 1. The fourth-order valence-corrected chi connectivity index (χ4v) is 3.06. The molecule has 1 aromatic carbocycles. The summed E-state index contributed by atoms with van der Waals surface area (Å²) in [7, 11) is -1.91. The van der Waals surface area contributed by atoms with Crippen molar-refractivity contribution in [2.24, 2.45) is 7.05 Å². The highest BCUT2D eigenvalue weighted by Gasteiger charge is 2.16. The van der Waals surface area contributed by atoms with E-state index in [4.69, 9.17) is 0 Å². The maximum absolute atomic E-state index is 12.2. The Balaban J connectivity index is 2.13. The molecule has 0 saturated carbocycles. The zero-order valence-electron chi connectivity index (χ0n) is 12.4. The van der Waals surface area contributed by atoms with Gasteiger partial charge in [-0.1, -0.05) is 19.1 Å². The van der Waals surface area contributed by atoms with Crippen LogP contribution in [0.2, 0.25) is 0 Å². The summed E-state index contributed by atoms with van der Waals surface area (Å²) >= 11 is 0. The van der Waals surface area contributed by atoms with Crippen molar-refractivity contribution in [3.05, 3.63) is 42.2 Å². The van der Waals surface area contributed by atoms with Crippen molar-refractivity contribution in [1.29, 1.82) is 0 Å². The van der Waals surface area contributed by atoms with E-state index in [9.17, 15) is 8.42 Å². The first-order valence-corrected chi connectivity index (χ1v) is 8.25. The molecule has 2 rings (SSSR count). The summed E-state index contributed by atoms with van der Waals surface area (Å²) in [4.78, 5) is 0.148. The van der Waals surface area contributed by atoms with Crippen molar-refractivity contribution in [1.82, 2.24) is 15.1 Å². The molecule has 0 fully saturated rings. The Bertz CT molecular complexity index is 692. The van der Waals surface area contributed by atoms with Crippen molar-refractivity contribution < 1.29 is 8.42 Å². The third kappa shape index (κ3) is 3.83. The first kappa shape index (κ1) is 15.5. The van der Waals surface area contributed by atoms with Crippen LogP contribution in [0.15, 0.2) is 41.6 Å².